The normalized spacial score (nSPS) is 51.2. The van der Waals surface area contributed by atoms with E-state index in [0.717, 1.165) is 63.4 Å². The molecule has 2 aliphatic heterocycles. The van der Waals surface area contributed by atoms with Gasteiger partial charge in [0.2, 0.25) is 0 Å². The zero-order valence-electron chi connectivity index (χ0n) is 25.2. The number of rotatable bonds is 5. The second kappa shape index (κ2) is 10.6. The molecule has 1 saturated heterocycles. The Morgan fingerprint density at radius 2 is 1.83 bits per heavy atom. The fourth-order valence-electron chi connectivity index (χ4n) is 10.4. The maximum Gasteiger partial charge on any atom is 0.331 e. The molecular weight excluding hydrogens is 528 g/mol. The van der Waals surface area contributed by atoms with E-state index < -0.39 is 42.3 Å². The second-order valence-electron chi connectivity index (χ2n) is 14.3. The molecule has 41 heavy (non-hydrogen) atoms. The molecule has 0 aromatic rings. The van der Waals surface area contributed by atoms with Crippen molar-refractivity contribution in [2.45, 2.75) is 128 Å². The Hall–Kier alpha value is -1.52. The maximum atomic E-state index is 12.5. The van der Waals surface area contributed by atoms with Crippen molar-refractivity contribution in [3.8, 4) is 0 Å². The van der Waals surface area contributed by atoms with Crippen molar-refractivity contribution in [1.29, 1.82) is 0 Å². The summed E-state index contributed by atoms with van der Waals surface area (Å²) in [6, 6.07) is 0. The minimum absolute atomic E-state index is 0.0488. The SMILES string of the molecule is CO[C@H]1[C@H](O)[C@H](C)O[C@@H](O[C@@H]2CC[C@@]3(C)[C@H](CC[C@@H]4[C@@H]3CC[C@]3(C)[C@@H](C5=CC(=O)OC5)CC[C@@]43O)C2)[C@@H]1OC(C)=O. The van der Waals surface area contributed by atoms with Crippen LogP contribution >= 0.6 is 0 Å². The van der Waals surface area contributed by atoms with E-state index in [1.165, 1.54) is 14.0 Å². The monoisotopic (exact) mass is 576 g/mol. The van der Waals surface area contributed by atoms with Gasteiger partial charge >= 0.3 is 11.9 Å². The molecule has 2 heterocycles. The van der Waals surface area contributed by atoms with E-state index in [-0.39, 0.29) is 34.7 Å². The molecule has 6 aliphatic rings. The van der Waals surface area contributed by atoms with Gasteiger partial charge in [0.05, 0.1) is 17.8 Å². The third-order valence-corrected chi connectivity index (χ3v) is 12.6. The highest BCUT2D eigenvalue weighted by atomic mass is 16.7. The summed E-state index contributed by atoms with van der Waals surface area (Å²) in [5, 5.41) is 23.1. The summed E-state index contributed by atoms with van der Waals surface area (Å²) < 4.78 is 28.9. The van der Waals surface area contributed by atoms with Gasteiger partial charge < -0.3 is 33.9 Å². The minimum atomic E-state index is -0.926. The number of carbonyl (C=O) groups excluding carboxylic acids is 2. The first-order chi connectivity index (χ1) is 19.4. The predicted octanol–water partition coefficient (Wildman–Crippen LogP) is 3.68. The summed E-state index contributed by atoms with van der Waals surface area (Å²) >= 11 is 0. The van der Waals surface area contributed by atoms with Crippen LogP contribution in [0.25, 0.3) is 0 Å². The van der Waals surface area contributed by atoms with E-state index in [9.17, 15) is 19.8 Å². The van der Waals surface area contributed by atoms with Crippen molar-refractivity contribution in [2.24, 2.45) is 34.5 Å². The van der Waals surface area contributed by atoms with Crippen LogP contribution in [0.4, 0.5) is 0 Å². The van der Waals surface area contributed by atoms with Crippen LogP contribution in [0.2, 0.25) is 0 Å². The highest BCUT2D eigenvalue weighted by Gasteiger charge is 2.67. The Kier molecular flexibility index (Phi) is 7.62. The van der Waals surface area contributed by atoms with Gasteiger partial charge in [-0.2, -0.15) is 0 Å². The van der Waals surface area contributed by atoms with Gasteiger partial charge in [-0.05, 0) is 99.4 Å². The average Bonchev–Trinajstić information content (AvgIpc) is 3.46. The van der Waals surface area contributed by atoms with E-state index in [4.69, 9.17) is 23.7 Å². The summed E-state index contributed by atoms with van der Waals surface area (Å²) in [4.78, 5) is 23.7. The molecule has 2 N–H and O–H groups in total. The van der Waals surface area contributed by atoms with Crippen LogP contribution < -0.4 is 0 Å². The van der Waals surface area contributed by atoms with E-state index in [2.05, 4.69) is 13.8 Å². The smallest absolute Gasteiger partial charge is 0.331 e. The van der Waals surface area contributed by atoms with Crippen LogP contribution in [0.5, 0.6) is 0 Å². The molecule has 0 radical (unpaired) electrons. The van der Waals surface area contributed by atoms with Crippen LogP contribution in [0.3, 0.4) is 0 Å². The first kappa shape index (κ1) is 29.5. The summed E-state index contributed by atoms with van der Waals surface area (Å²) in [7, 11) is 1.50. The molecule has 13 atom stereocenters. The van der Waals surface area contributed by atoms with Crippen molar-refractivity contribution in [1.82, 2.24) is 0 Å². The third-order valence-electron chi connectivity index (χ3n) is 12.6. The molecule has 0 aromatic heterocycles. The van der Waals surface area contributed by atoms with Crippen LogP contribution in [0, 0.1) is 34.5 Å². The Morgan fingerprint density at radius 3 is 2.51 bits per heavy atom. The molecule has 230 valence electrons. The molecule has 9 nitrogen and oxygen atoms in total. The highest BCUT2D eigenvalue weighted by molar-refractivity contribution is 5.85. The number of esters is 2. The fraction of sp³-hybridized carbons (Fsp3) is 0.875. The Morgan fingerprint density at radius 1 is 1.05 bits per heavy atom. The maximum absolute atomic E-state index is 12.5. The lowest BCUT2D eigenvalue weighted by Crippen LogP contribution is -2.63. The number of fused-ring (bicyclic) bond motifs is 5. The lowest BCUT2D eigenvalue weighted by Gasteiger charge is -2.64. The number of ether oxygens (including phenoxy) is 5. The Balaban J connectivity index is 1.16. The molecule has 5 fully saturated rings. The average molecular weight is 577 g/mol. The van der Waals surface area contributed by atoms with Gasteiger partial charge in [0.15, 0.2) is 12.4 Å². The van der Waals surface area contributed by atoms with Crippen LogP contribution in [-0.2, 0) is 33.3 Å². The first-order valence-electron chi connectivity index (χ1n) is 15.7. The van der Waals surface area contributed by atoms with Crippen molar-refractivity contribution in [3.05, 3.63) is 11.6 Å². The molecule has 4 aliphatic carbocycles. The number of aliphatic hydroxyl groups excluding tert-OH is 1. The summed E-state index contributed by atoms with van der Waals surface area (Å²) in [6.45, 7) is 8.19. The fourth-order valence-corrected chi connectivity index (χ4v) is 10.4. The molecule has 6 rings (SSSR count). The number of hydrogen-bond acceptors (Lipinski definition) is 9. The number of carbonyl (C=O) groups is 2. The third kappa shape index (κ3) is 4.60. The van der Waals surface area contributed by atoms with Gasteiger partial charge in [0, 0.05) is 25.5 Å². The molecule has 0 amide bonds. The molecule has 0 unspecified atom stereocenters. The van der Waals surface area contributed by atoms with Crippen molar-refractivity contribution >= 4 is 11.9 Å². The lowest BCUT2D eigenvalue weighted by atomic mass is 9.43. The van der Waals surface area contributed by atoms with Gasteiger partial charge in [-0.1, -0.05) is 13.8 Å². The molecule has 4 saturated carbocycles. The summed E-state index contributed by atoms with van der Waals surface area (Å²) in [5.41, 5.74) is 0.221. The van der Waals surface area contributed by atoms with Crippen molar-refractivity contribution < 1.29 is 43.5 Å². The number of hydrogen-bond donors (Lipinski definition) is 2. The topological polar surface area (TPSA) is 121 Å². The van der Waals surface area contributed by atoms with Crippen molar-refractivity contribution in [3.63, 3.8) is 0 Å². The quantitative estimate of drug-likeness (QED) is 0.373. The molecule has 9 heteroatoms. The number of methoxy groups -OCH3 is 1. The predicted molar refractivity (Wildman–Crippen MR) is 147 cm³/mol. The van der Waals surface area contributed by atoms with E-state index in [1.54, 1.807) is 13.0 Å². The molecular formula is C32H48O9. The van der Waals surface area contributed by atoms with E-state index >= 15 is 0 Å². The van der Waals surface area contributed by atoms with E-state index in [1.807, 2.05) is 0 Å². The van der Waals surface area contributed by atoms with Crippen LogP contribution in [0.1, 0.15) is 85.5 Å². The van der Waals surface area contributed by atoms with Crippen LogP contribution in [-0.4, -0.2) is 78.3 Å². The number of cyclic esters (lactones) is 1. The zero-order chi connectivity index (χ0) is 29.3. The van der Waals surface area contributed by atoms with Crippen LogP contribution in [0.15, 0.2) is 11.6 Å². The summed E-state index contributed by atoms with van der Waals surface area (Å²) in [5.74, 6) is 0.650. The van der Waals surface area contributed by atoms with Gasteiger partial charge in [-0.25, -0.2) is 4.79 Å². The summed E-state index contributed by atoms with van der Waals surface area (Å²) in [6.07, 6.45) is 6.35. The Bertz CT molecular complexity index is 1080. The van der Waals surface area contributed by atoms with Gasteiger partial charge in [-0.15, -0.1) is 0 Å². The van der Waals surface area contributed by atoms with Gasteiger partial charge in [0.1, 0.15) is 18.8 Å². The second-order valence-corrected chi connectivity index (χ2v) is 14.3. The highest BCUT2D eigenvalue weighted by Crippen LogP contribution is 2.70. The zero-order valence-corrected chi connectivity index (χ0v) is 25.2. The molecule has 0 spiro atoms. The Labute approximate surface area is 243 Å². The first-order valence-corrected chi connectivity index (χ1v) is 15.7. The van der Waals surface area contributed by atoms with E-state index in [0.29, 0.717) is 18.4 Å². The standard InChI is InChI=1S/C32H48O9/c1-17-26(35)27(37-5)28(40-18(2)33)29(39-17)41-21-8-11-30(3)20(15-21)6-7-24-23(30)9-12-31(4)22(10-13-32(24,31)36)19-14-25(34)38-16-19/h14,17,20-24,26-29,35-36H,6-13,15-16H2,1-5H3/t17-,20+,21+,22+,23-,24+,26+,27-,28+,29-,30-,31+,32+/m0/s1. The molecule has 0 aromatic carbocycles. The molecule has 0 bridgehead atoms. The lowest BCUT2D eigenvalue weighted by molar-refractivity contribution is -0.315. The minimum Gasteiger partial charge on any atom is -0.458 e. The van der Waals surface area contributed by atoms with Gasteiger partial charge in [-0.3, -0.25) is 4.79 Å². The van der Waals surface area contributed by atoms with Gasteiger partial charge in [0.25, 0.3) is 0 Å². The number of aliphatic hydroxyl groups is 2. The largest absolute Gasteiger partial charge is 0.458 e. The van der Waals surface area contributed by atoms with Crippen molar-refractivity contribution in [2.75, 3.05) is 13.7 Å².